The van der Waals surface area contributed by atoms with Crippen molar-refractivity contribution in [2.75, 3.05) is 5.32 Å². The third-order valence-electron chi connectivity index (χ3n) is 3.67. The van der Waals surface area contributed by atoms with Crippen LogP contribution in [0.15, 0.2) is 17.6 Å². The first-order valence-electron chi connectivity index (χ1n) is 7.17. The zero-order valence-corrected chi connectivity index (χ0v) is 12.7. The van der Waals surface area contributed by atoms with E-state index in [1.165, 1.54) is 37.0 Å². The van der Waals surface area contributed by atoms with Crippen LogP contribution in [-0.2, 0) is 0 Å². The summed E-state index contributed by atoms with van der Waals surface area (Å²) in [5, 5.41) is 15.6. The molecule has 21 heavy (non-hydrogen) atoms. The van der Waals surface area contributed by atoms with E-state index in [2.05, 4.69) is 26.3 Å². The van der Waals surface area contributed by atoms with Crippen LogP contribution in [0.2, 0.25) is 0 Å². The molecule has 1 fully saturated rings. The van der Waals surface area contributed by atoms with Gasteiger partial charge in [0.25, 0.3) is 0 Å². The second-order valence-electron chi connectivity index (χ2n) is 5.32. The lowest BCUT2D eigenvalue weighted by Gasteiger charge is -2.13. The molecule has 1 saturated carbocycles. The van der Waals surface area contributed by atoms with Crippen LogP contribution in [0.5, 0.6) is 0 Å². The zero-order chi connectivity index (χ0) is 14.7. The van der Waals surface area contributed by atoms with E-state index < -0.39 is 5.92 Å². The van der Waals surface area contributed by atoms with Crippen LogP contribution in [0, 0.1) is 18.3 Å². The molecule has 0 radical (unpaired) electrons. The molecule has 1 unspecified atom stereocenters. The van der Waals surface area contributed by atoms with Gasteiger partial charge in [-0.25, -0.2) is 15.0 Å². The molecule has 0 spiro atoms. The molecule has 0 aromatic carbocycles. The van der Waals surface area contributed by atoms with Gasteiger partial charge in [0.15, 0.2) is 0 Å². The SMILES string of the molecule is Cc1csc(C(C#N)c2ccnc(NC3CCCC3)n2)n1. The van der Waals surface area contributed by atoms with Gasteiger partial charge < -0.3 is 5.32 Å². The van der Waals surface area contributed by atoms with Gasteiger partial charge in [-0.15, -0.1) is 11.3 Å². The minimum absolute atomic E-state index is 0.421. The molecule has 6 heteroatoms. The first-order chi connectivity index (χ1) is 10.3. The number of nitrogens with one attached hydrogen (secondary N) is 1. The van der Waals surface area contributed by atoms with Crippen molar-refractivity contribution >= 4 is 17.3 Å². The Kier molecular flexibility index (Phi) is 4.11. The van der Waals surface area contributed by atoms with Gasteiger partial charge in [-0.3, -0.25) is 0 Å². The van der Waals surface area contributed by atoms with E-state index in [0.29, 0.717) is 17.7 Å². The zero-order valence-electron chi connectivity index (χ0n) is 11.9. The highest BCUT2D eigenvalue weighted by Gasteiger charge is 2.20. The molecule has 0 bridgehead atoms. The highest BCUT2D eigenvalue weighted by Crippen LogP contribution is 2.26. The van der Waals surface area contributed by atoms with Crippen molar-refractivity contribution in [1.82, 2.24) is 15.0 Å². The van der Waals surface area contributed by atoms with Gasteiger partial charge in [0.05, 0.1) is 11.8 Å². The van der Waals surface area contributed by atoms with Gasteiger partial charge in [-0.2, -0.15) is 5.26 Å². The Labute approximate surface area is 128 Å². The first kappa shape index (κ1) is 14.0. The standard InChI is InChI=1S/C15H17N5S/c1-10-9-21-14(18-10)12(8-16)13-6-7-17-15(20-13)19-11-4-2-3-5-11/h6-7,9,11-12H,2-5H2,1H3,(H,17,19,20). The molecule has 108 valence electrons. The van der Waals surface area contributed by atoms with E-state index in [1.54, 1.807) is 12.3 Å². The molecule has 1 aliphatic rings. The predicted molar refractivity (Wildman–Crippen MR) is 82.2 cm³/mol. The number of thiazole rings is 1. The van der Waals surface area contributed by atoms with E-state index in [-0.39, 0.29) is 0 Å². The molecular weight excluding hydrogens is 282 g/mol. The molecule has 0 aliphatic heterocycles. The van der Waals surface area contributed by atoms with Crippen LogP contribution >= 0.6 is 11.3 Å². The van der Waals surface area contributed by atoms with E-state index in [1.807, 2.05) is 12.3 Å². The first-order valence-corrected chi connectivity index (χ1v) is 8.05. The van der Waals surface area contributed by atoms with E-state index in [4.69, 9.17) is 0 Å². The lowest BCUT2D eigenvalue weighted by molar-refractivity contribution is 0.741. The smallest absolute Gasteiger partial charge is 0.223 e. The van der Waals surface area contributed by atoms with Gasteiger partial charge in [-0.1, -0.05) is 12.8 Å². The van der Waals surface area contributed by atoms with Gasteiger partial charge in [0.2, 0.25) is 5.95 Å². The predicted octanol–water partition coefficient (Wildman–Crippen LogP) is 3.25. The summed E-state index contributed by atoms with van der Waals surface area (Å²) in [4.78, 5) is 13.2. The number of anilines is 1. The third kappa shape index (κ3) is 3.19. The van der Waals surface area contributed by atoms with E-state index in [9.17, 15) is 5.26 Å². The molecule has 1 aliphatic carbocycles. The normalized spacial score (nSPS) is 16.6. The van der Waals surface area contributed by atoms with E-state index in [0.717, 1.165) is 10.7 Å². The van der Waals surface area contributed by atoms with Crippen LogP contribution in [0.3, 0.4) is 0 Å². The summed E-state index contributed by atoms with van der Waals surface area (Å²) in [5.74, 6) is 0.198. The molecule has 2 heterocycles. The number of rotatable bonds is 4. The molecule has 0 amide bonds. The second kappa shape index (κ2) is 6.19. The van der Waals surface area contributed by atoms with Crippen LogP contribution in [-0.4, -0.2) is 21.0 Å². The van der Waals surface area contributed by atoms with Gasteiger partial charge >= 0.3 is 0 Å². The molecular formula is C15H17N5S. The summed E-state index contributed by atoms with van der Waals surface area (Å²) in [6, 6.07) is 4.56. The van der Waals surface area contributed by atoms with Crippen LogP contribution < -0.4 is 5.32 Å². The number of hydrogen-bond donors (Lipinski definition) is 1. The fourth-order valence-electron chi connectivity index (χ4n) is 2.61. The second-order valence-corrected chi connectivity index (χ2v) is 6.21. The lowest BCUT2D eigenvalue weighted by atomic mass is 10.1. The Morgan fingerprint density at radius 3 is 2.86 bits per heavy atom. The molecule has 2 aromatic heterocycles. The van der Waals surface area contributed by atoms with Crippen molar-refractivity contribution in [3.8, 4) is 6.07 Å². The largest absolute Gasteiger partial charge is 0.351 e. The maximum absolute atomic E-state index is 9.45. The van der Waals surface area contributed by atoms with Gasteiger partial charge in [0, 0.05) is 23.3 Å². The van der Waals surface area contributed by atoms with Gasteiger partial charge in [-0.05, 0) is 25.8 Å². The molecule has 0 saturated heterocycles. The number of aromatic nitrogens is 3. The summed E-state index contributed by atoms with van der Waals surface area (Å²) in [6.07, 6.45) is 6.57. The van der Waals surface area contributed by atoms with Crippen LogP contribution in [0.4, 0.5) is 5.95 Å². The fraction of sp³-hybridized carbons (Fsp3) is 0.467. The number of hydrogen-bond acceptors (Lipinski definition) is 6. The molecule has 3 rings (SSSR count). The van der Waals surface area contributed by atoms with Crippen LogP contribution in [0.1, 0.15) is 48.0 Å². The van der Waals surface area contributed by atoms with Crippen molar-refractivity contribution in [2.24, 2.45) is 0 Å². The summed E-state index contributed by atoms with van der Waals surface area (Å²) in [5.41, 5.74) is 1.65. The average molecular weight is 299 g/mol. The van der Waals surface area contributed by atoms with Crippen molar-refractivity contribution in [1.29, 1.82) is 5.26 Å². The maximum atomic E-state index is 9.45. The molecule has 2 aromatic rings. The van der Waals surface area contributed by atoms with Crippen LogP contribution in [0.25, 0.3) is 0 Å². The maximum Gasteiger partial charge on any atom is 0.223 e. The summed E-state index contributed by atoms with van der Waals surface area (Å²) in [7, 11) is 0. The Balaban J connectivity index is 1.82. The van der Waals surface area contributed by atoms with E-state index >= 15 is 0 Å². The van der Waals surface area contributed by atoms with Crippen molar-refractivity contribution in [3.63, 3.8) is 0 Å². The Hall–Kier alpha value is -2.00. The van der Waals surface area contributed by atoms with Gasteiger partial charge in [0.1, 0.15) is 10.9 Å². The minimum Gasteiger partial charge on any atom is -0.351 e. The van der Waals surface area contributed by atoms with Crippen molar-refractivity contribution in [2.45, 2.75) is 44.6 Å². The Morgan fingerprint density at radius 1 is 1.38 bits per heavy atom. The summed E-state index contributed by atoms with van der Waals surface area (Å²) in [6.45, 7) is 1.93. The Bertz CT molecular complexity index is 654. The molecule has 1 N–H and O–H groups in total. The fourth-order valence-corrected chi connectivity index (χ4v) is 3.46. The number of nitriles is 1. The Morgan fingerprint density at radius 2 is 2.19 bits per heavy atom. The van der Waals surface area contributed by atoms with Crippen molar-refractivity contribution in [3.05, 3.63) is 34.0 Å². The molecule has 5 nitrogen and oxygen atoms in total. The monoisotopic (exact) mass is 299 g/mol. The lowest BCUT2D eigenvalue weighted by Crippen LogP contribution is -2.17. The molecule has 1 atom stereocenters. The number of aryl methyl sites for hydroxylation is 1. The summed E-state index contributed by atoms with van der Waals surface area (Å²) >= 11 is 1.50. The number of nitrogens with zero attached hydrogens (tertiary/aromatic N) is 4. The highest BCUT2D eigenvalue weighted by molar-refractivity contribution is 7.09. The quantitative estimate of drug-likeness (QED) is 0.938. The average Bonchev–Trinajstić information content (AvgIpc) is 3.12. The third-order valence-corrected chi connectivity index (χ3v) is 4.70. The highest BCUT2D eigenvalue weighted by atomic mass is 32.1. The minimum atomic E-state index is -0.421. The summed E-state index contributed by atoms with van der Waals surface area (Å²) < 4.78 is 0. The van der Waals surface area contributed by atoms with Crippen molar-refractivity contribution < 1.29 is 0 Å². The topological polar surface area (TPSA) is 74.5 Å².